The predicted molar refractivity (Wildman–Crippen MR) is 49.6 cm³/mol. The Morgan fingerprint density at radius 2 is 2.23 bits per heavy atom. The number of aliphatic hydroxyl groups is 1. The summed E-state index contributed by atoms with van der Waals surface area (Å²) < 4.78 is 13.4. The number of fused-ring (bicyclic) bond motifs is 1. The lowest BCUT2D eigenvalue weighted by molar-refractivity contribution is 0.272. The van der Waals surface area contributed by atoms with Gasteiger partial charge in [0.25, 0.3) is 0 Å². The highest BCUT2D eigenvalue weighted by molar-refractivity contribution is 6.33. The van der Waals surface area contributed by atoms with Crippen LogP contribution in [0.15, 0.2) is 18.2 Å². The quantitative estimate of drug-likeness (QED) is 0.611. The fraction of sp³-hybridized carbons (Fsp3) is 0.111. The van der Waals surface area contributed by atoms with Gasteiger partial charge in [-0.3, -0.25) is 0 Å². The summed E-state index contributed by atoms with van der Waals surface area (Å²) in [5, 5.41) is 9.21. The number of H-pyrrole nitrogens is 1. The van der Waals surface area contributed by atoms with Gasteiger partial charge in [-0.05, 0) is 6.07 Å². The van der Waals surface area contributed by atoms with Crippen molar-refractivity contribution in [2.75, 3.05) is 0 Å². The van der Waals surface area contributed by atoms with Crippen molar-refractivity contribution in [1.29, 1.82) is 0 Å². The first-order valence-corrected chi connectivity index (χ1v) is 3.89. The molecule has 0 aliphatic heterocycles. The molecule has 0 amide bonds. The lowest BCUT2D eigenvalue weighted by Crippen LogP contribution is -1.99. The predicted octanol–water partition coefficient (Wildman–Crippen LogP) is 0.593. The molecule has 13 heavy (non-hydrogen) atoms. The van der Waals surface area contributed by atoms with Crippen molar-refractivity contribution in [1.82, 2.24) is 4.98 Å². The first kappa shape index (κ1) is 8.32. The molecule has 0 saturated carbocycles. The van der Waals surface area contributed by atoms with Crippen LogP contribution in [0.25, 0.3) is 10.9 Å². The Morgan fingerprint density at radius 1 is 1.46 bits per heavy atom. The van der Waals surface area contributed by atoms with Gasteiger partial charge in [-0.1, -0.05) is 17.6 Å². The van der Waals surface area contributed by atoms with E-state index in [9.17, 15) is 4.39 Å². The smallest absolute Gasteiger partial charge is 0.154 e. The molecule has 4 heteroatoms. The zero-order valence-corrected chi connectivity index (χ0v) is 6.84. The molecule has 0 spiro atoms. The third-order valence-electron chi connectivity index (χ3n) is 1.99. The molecule has 1 heterocycles. The van der Waals surface area contributed by atoms with Crippen LogP contribution >= 0.6 is 0 Å². The lowest BCUT2D eigenvalue weighted by Gasteiger charge is -1.91. The largest absolute Gasteiger partial charge is 0.390 e. The molecule has 2 rings (SSSR count). The fourth-order valence-electron chi connectivity index (χ4n) is 1.34. The van der Waals surface area contributed by atoms with Crippen molar-refractivity contribution in [3.05, 3.63) is 29.7 Å². The van der Waals surface area contributed by atoms with Crippen LogP contribution in [0.4, 0.5) is 4.39 Å². The summed E-state index contributed by atoms with van der Waals surface area (Å²) in [6, 6.07) is 4.91. The molecule has 2 N–H and O–H groups in total. The maximum atomic E-state index is 13.4. The Morgan fingerprint density at radius 3 is 2.92 bits per heavy atom. The number of aliphatic hydroxyl groups excluding tert-OH is 1. The number of halogens is 1. The van der Waals surface area contributed by atoms with Crippen molar-refractivity contribution in [2.45, 2.75) is 6.61 Å². The molecule has 1 aromatic carbocycles. The van der Waals surface area contributed by atoms with Crippen molar-refractivity contribution < 1.29 is 9.50 Å². The summed E-state index contributed by atoms with van der Waals surface area (Å²) in [7, 11) is 5.50. The van der Waals surface area contributed by atoms with Crippen LogP contribution in [0.2, 0.25) is 0 Å². The molecule has 1 aromatic heterocycles. The standard InChI is InChI=1S/C9H7BFNO/c10-5-1-2-7-6(3-5)9(11)8(4-13)12-7/h1-3,12-13H,4H2. The fourth-order valence-corrected chi connectivity index (χ4v) is 1.34. The minimum Gasteiger partial charge on any atom is -0.390 e. The first-order chi connectivity index (χ1) is 6.22. The number of rotatable bonds is 1. The van der Waals surface area contributed by atoms with E-state index in [2.05, 4.69) is 4.98 Å². The van der Waals surface area contributed by atoms with Gasteiger partial charge in [-0.25, -0.2) is 4.39 Å². The van der Waals surface area contributed by atoms with Crippen molar-refractivity contribution >= 4 is 24.2 Å². The van der Waals surface area contributed by atoms with Gasteiger partial charge >= 0.3 is 0 Å². The summed E-state index contributed by atoms with van der Waals surface area (Å²) >= 11 is 0. The van der Waals surface area contributed by atoms with Crippen LogP contribution < -0.4 is 5.46 Å². The molecule has 2 radical (unpaired) electrons. The normalized spacial score (nSPS) is 10.9. The molecular formula is C9H7BFNO. The van der Waals surface area contributed by atoms with Crippen LogP contribution in [0, 0.1) is 5.82 Å². The van der Waals surface area contributed by atoms with E-state index in [-0.39, 0.29) is 12.3 Å². The van der Waals surface area contributed by atoms with E-state index in [4.69, 9.17) is 13.0 Å². The number of hydrogen-bond donors (Lipinski definition) is 2. The Balaban J connectivity index is 2.77. The van der Waals surface area contributed by atoms with E-state index >= 15 is 0 Å². The van der Waals surface area contributed by atoms with E-state index in [0.29, 0.717) is 16.4 Å². The lowest BCUT2D eigenvalue weighted by atomic mass is 9.95. The minimum atomic E-state index is -0.426. The topological polar surface area (TPSA) is 36.0 Å². The zero-order chi connectivity index (χ0) is 9.42. The zero-order valence-electron chi connectivity index (χ0n) is 6.84. The Bertz CT molecular complexity index is 452. The van der Waals surface area contributed by atoms with Crippen molar-refractivity contribution in [3.63, 3.8) is 0 Å². The second-order valence-electron chi connectivity index (χ2n) is 2.88. The van der Waals surface area contributed by atoms with Crippen LogP contribution in [-0.4, -0.2) is 17.9 Å². The number of nitrogens with one attached hydrogen (secondary N) is 1. The van der Waals surface area contributed by atoms with Gasteiger partial charge in [0.15, 0.2) is 5.82 Å². The van der Waals surface area contributed by atoms with Gasteiger partial charge in [-0.2, -0.15) is 0 Å². The molecule has 0 bridgehead atoms. The minimum absolute atomic E-state index is 0.195. The molecule has 0 saturated heterocycles. The molecular weight excluding hydrogens is 168 g/mol. The van der Waals surface area contributed by atoms with Gasteiger partial charge in [0, 0.05) is 10.9 Å². The van der Waals surface area contributed by atoms with Crippen LogP contribution in [0.3, 0.4) is 0 Å². The summed E-state index contributed by atoms with van der Waals surface area (Å²) in [6.45, 7) is -0.333. The summed E-state index contributed by atoms with van der Waals surface area (Å²) in [6.07, 6.45) is 0. The van der Waals surface area contributed by atoms with Crippen LogP contribution in [0.1, 0.15) is 5.69 Å². The third-order valence-corrected chi connectivity index (χ3v) is 1.99. The van der Waals surface area contributed by atoms with Crippen LogP contribution in [0.5, 0.6) is 0 Å². The maximum absolute atomic E-state index is 13.4. The summed E-state index contributed by atoms with van der Waals surface area (Å²) in [5.74, 6) is -0.426. The van der Waals surface area contributed by atoms with Crippen molar-refractivity contribution in [2.24, 2.45) is 0 Å². The van der Waals surface area contributed by atoms with E-state index in [1.807, 2.05) is 0 Å². The highest BCUT2D eigenvalue weighted by Gasteiger charge is 2.09. The summed E-state index contributed by atoms with van der Waals surface area (Å²) in [5.41, 5.74) is 1.35. The molecule has 0 fully saturated rings. The van der Waals surface area contributed by atoms with Crippen LogP contribution in [-0.2, 0) is 6.61 Å². The van der Waals surface area contributed by atoms with Gasteiger partial charge < -0.3 is 10.1 Å². The first-order valence-electron chi connectivity index (χ1n) is 3.89. The average Bonchev–Trinajstić information content (AvgIpc) is 2.44. The molecule has 64 valence electrons. The highest BCUT2D eigenvalue weighted by Crippen LogP contribution is 2.19. The number of hydrogen-bond acceptors (Lipinski definition) is 1. The van der Waals surface area contributed by atoms with Crippen molar-refractivity contribution in [3.8, 4) is 0 Å². The monoisotopic (exact) mass is 175 g/mol. The van der Waals surface area contributed by atoms with Gasteiger partial charge in [-0.15, -0.1) is 0 Å². The number of aromatic amines is 1. The number of aromatic nitrogens is 1. The SMILES string of the molecule is [B]c1ccc2[nH]c(CO)c(F)c2c1. The molecule has 2 aromatic rings. The second kappa shape index (κ2) is 2.89. The van der Waals surface area contributed by atoms with E-state index in [0.717, 1.165) is 0 Å². The van der Waals surface area contributed by atoms with E-state index in [1.54, 1.807) is 18.2 Å². The molecule has 2 nitrogen and oxygen atoms in total. The Labute approximate surface area is 75.8 Å². The van der Waals surface area contributed by atoms with E-state index < -0.39 is 5.82 Å². The van der Waals surface area contributed by atoms with Gasteiger partial charge in [0.1, 0.15) is 7.85 Å². The molecule has 0 unspecified atom stereocenters. The summed E-state index contributed by atoms with van der Waals surface area (Å²) in [4.78, 5) is 2.76. The Kier molecular flexibility index (Phi) is 1.85. The molecule has 0 atom stereocenters. The maximum Gasteiger partial charge on any atom is 0.154 e. The highest BCUT2D eigenvalue weighted by atomic mass is 19.1. The second-order valence-corrected chi connectivity index (χ2v) is 2.88. The van der Waals surface area contributed by atoms with Gasteiger partial charge in [0.05, 0.1) is 12.3 Å². The average molecular weight is 175 g/mol. The Hall–Kier alpha value is -1.29. The third kappa shape index (κ3) is 1.23. The number of benzene rings is 1. The van der Waals surface area contributed by atoms with Gasteiger partial charge in [0.2, 0.25) is 0 Å². The van der Waals surface area contributed by atoms with E-state index in [1.165, 1.54) is 0 Å². The molecule has 0 aliphatic rings. The molecule has 0 aliphatic carbocycles.